The molecule has 4 aliphatic rings. The molecule has 1 saturated carbocycles. The third-order valence-corrected chi connectivity index (χ3v) is 9.93. The highest BCUT2D eigenvalue weighted by Gasteiger charge is 2.45. The van der Waals surface area contributed by atoms with Gasteiger partial charge in [0.1, 0.15) is 29.4 Å². The van der Waals surface area contributed by atoms with Crippen molar-refractivity contribution in [2.75, 3.05) is 37.7 Å². The number of hydrogen-bond acceptors (Lipinski definition) is 7. The first-order valence-corrected chi connectivity index (χ1v) is 14.8. The minimum atomic E-state index is -0.511. The first kappa shape index (κ1) is 24.3. The van der Waals surface area contributed by atoms with E-state index in [1.807, 2.05) is 24.3 Å². The van der Waals surface area contributed by atoms with Gasteiger partial charge in [-0.3, -0.25) is 9.88 Å². The van der Waals surface area contributed by atoms with Gasteiger partial charge < -0.3 is 14.7 Å². The summed E-state index contributed by atoms with van der Waals surface area (Å²) < 4.78 is 22.9. The number of aromatic nitrogens is 3. The number of aromatic hydroxyl groups is 1. The standard InChI is InChI=1S/C32H34FN5O2/c33-27-28(25-15-23(39)14-22-5-1-2-6-24(22)25)34-16-26-29(27)35-31(40-19-32-9-3-11-38(32)12-4-10-32)36-30(26)37-17-20-7-8-21(13-20)18-37/h1-2,5-6,14-16,20-21,39H,3-4,7-13,17-19H2. The molecule has 1 aliphatic carbocycles. The summed E-state index contributed by atoms with van der Waals surface area (Å²) in [6, 6.07) is 11.1. The number of hydrogen-bond donors (Lipinski definition) is 1. The SMILES string of the molecule is Oc1cc(-c2ncc3c(N4CC5CCC(C5)C4)nc(OCC45CCCN4CCC5)nc3c2F)c2ccccc2c1. The van der Waals surface area contributed by atoms with Gasteiger partial charge in [-0.15, -0.1) is 0 Å². The second-order valence-electron chi connectivity index (χ2n) is 12.4. The Bertz CT molecular complexity index is 1600. The van der Waals surface area contributed by atoms with Gasteiger partial charge in [0.25, 0.3) is 0 Å². The number of fused-ring (bicyclic) bond motifs is 5. The van der Waals surface area contributed by atoms with Crippen LogP contribution in [0.15, 0.2) is 42.6 Å². The summed E-state index contributed by atoms with van der Waals surface area (Å²) >= 11 is 0. The van der Waals surface area contributed by atoms with E-state index in [1.54, 1.807) is 18.3 Å². The summed E-state index contributed by atoms with van der Waals surface area (Å²) in [5.41, 5.74) is 0.985. The quantitative estimate of drug-likeness (QED) is 0.337. The maximum absolute atomic E-state index is 16.5. The average Bonchev–Trinajstić information content (AvgIpc) is 3.65. The second-order valence-corrected chi connectivity index (χ2v) is 12.4. The molecule has 4 fully saturated rings. The Morgan fingerprint density at radius 1 is 1.00 bits per heavy atom. The number of piperidine rings is 1. The van der Waals surface area contributed by atoms with Gasteiger partial charge in [-0.05, 0) is 92.8 Å². The van der Waals surface area contributed by atoms with Gasteiger partial charge >= 0.3 is 6.01 Å². The van der Waals surface area contributed by atoms with Crippen LogP contribution in [0.5, 0.6) is 11.8 Å². The van der Waals surface area contributed by atoms with Gasteiger partial charge in [-0.25, -0.2) is 4.39 Å². The van der Waals surface area contributed by atoms with Crippen LogP contribution in [-0.2, 0) is 0 Å². The number of anilines is 1. The molecule has 1 N–H and O–H groups in total. The van der Waals surface area contributed by atoms with E-state index < -0.39 is 5.82 Å². The molecule has 2 atom stereocenters. The molecule has 2 bridgehead atoms. The van der Waals surface area contributed by atoms with Crippen LogP contribution in [0, 0.1) is 17.7 Å². The number of rotatable bonds is 5. The molecular formula is C32H34FN5O2. The maximum atomic E-state index is 16.5. The topological polar surface area (TPSA) is 74.6 Å². The third-order valence-electron chi connectivity index (χ3n) is 9.93. The average molecular weight is 540 g/mol. The molecule has 3 aliphatic heterocycles. The van der Waals surface area contributed by atoms with Crippen LogP contribution in [0.2, 0.25) is 0 Å². The third kappa shape index (κ3) is 3.91. The second kappa shape index (κ2) is 9.26. The lowest BCUT2D eigenvalue weighted by Crippen LogP contribution is -2.43. The van der Waals surface area contributed by atoms with Crippen LogP contribution >= 0.6 is 0 Å². The lowest BCUT2D eigenvalue weighted by molar-refractivity contribution is 0.108. The predicted molar refractivity (Wildman–Crippen MR) is 153 cm³/mol. The molecule has 0 radical (unpaired) electrons. The Balaban J connectivity index is 1.25. The molecule has 7 nitrogen and oxygen atoms in total. The maximum Gasteiger partial charge on any atom is 0.319 e. The smallest absolute Gasteiger partial charge is 0.319 e. The van der Waals surface area contributed by atoms with Crippen LogP contribution in [0.1, 0.15) is 44.9 Å². The highest BCUT2D eigenvalue weighted by molar-refractivity contribution is 5.99. The lowest BCUT2D eigenvalue weighted by Gasteiger charge is -2.34. The van der Waals surface area contributed by atoms with Crippen LogP contribution in [-0.4, -0.2) is 63.3 Å². The van der Waals surface area contributed by atoms with Crippen molar-refractivity contribution in [3.05, 3.63) is 48.4 Å². The van der Waals surface area contributed by atoms with Crippen molar-refractivity contribution in [2.45, 2.75) is 50.5 Å². The highest BCUT2D eigenvalue weighted by atomic mass is 19.1. The van der Waals surface area contributed by atoms with Crippen molar-refractivity contribution < 1.29 is 14.2 Å². The number of halogens is 1. The predicted octanol–water partition coefficient (Wildman–Crippen LogP) is 5.93. The highest BCUT2D eigenvalue weighted by Crippen LogP contribution is 2.42. The minimum Gasteiger partial charge on any atom is -0.508 e. The van der Waals surface area contributed by atoms with Crippen molar-refractivity contribution >= 4 is 27.5 Å². The fourth-order valence-corrected chi connectivity index (χ4v) is 8.05. The van der Waals surface area contributed by atoms with Crippen molar-refractivity contribution in [3.8, 4) is 23.0 Å². The summed E-state index contributed by atoms with van der Waals surface area (Å²) in [6.45, 7) is 4.59. The molecule has 0 spiro atoms. The zero-order valence-electron chi connectivity index (χ0n) is 22.7. The number of phenolic OH excluding ortho intramolecular Hbond substituents is 1. The number of benzene rings is 2. The first-order chi connectivity index (χ1) is 19.6. The molecule has 40 heavy (non-hydrogen) atoms. The van der Waals surface area contributed by atoms with Crippen molar-refractivity contribution in [1.82, 2.24) is 19.9 Å². The zero-order valence-corrected chi connectivity index (χ0v) is 22.7. The largest absolute Gasteiger partial charge is 0.508 e. The van der Waals surface area contributed by atoms with E-state index in [1.165, 1.54) is 32.1 Å². The van der Waals surface area contributed by atoms with Gasteiger partial charge in [0.15, 0.2) is 5.82 Å². The Morgan fingerprint density at radius 3 is 2.58 bits per heavy atom. The Labute approximate surface area is 233 Å². The minimum absolute atomic E-state index is 0.0468. The molecule has 5 heterocycles. The molecule has 2 aromatic heterocycles. The van der Waals surface area contributed by atoms with Gasteiger partial charge in [0, 0.05) is 24.8 Å². The molecule has 8 rings (SSSR count). The molecular weight excluding hydrogens is 505 g/mol. The van der Waals surface area contributed by atoms with E-state index in [0.717, 1.165) is 55.6 Å². The number of phenols is 1. The molecule has 3 saturated heterocycles. The van der Waals surface area contributed by atoms with Gasteiger partial charge in [0.05, 0.1) is 10.9 Å². The summed E-state index contributed by atoms with van der Waals surface area (Å²) in [7, 11) is 0. The van der Waals surface area contributed by atoms with E-state index in [0.29, 0.717) is 29.4 Å². The number of ether oxygens (including phenoxy) is 1. The van der Waals surface area contributed by atoms with Crippen LogP contribution in [0.3, 0.4) is 0 Å². The fourth-order valence-electron chi connectivity index (χ4n) is 8.05. The van der Waals surface area contributed by atoms with E-state index in [2.05, 4.69) is 19.8 Å². The van der Waals surface area contributed by atoms with E-state index in [9.17, 15) is 5.11 Å². The van der Waals surface area contributed by atoms with E-state index >= 15 is 4.39 Å². The van der Waals surface area contributed by atoms with Crippen LogP contribution in [0.4, 0.5) is 10.2 Å². The fraction of sp³-hybridized carbons (Fsp3) is 0.469. The summed E-state index contributed by atoms with van der Waals surface area (Å²) in [4.78, 5) is 19.1. The molecule has 0 amide bonds. The Hall–Kier alpha value is -3.52. The molecule has 206 valence electrons. The normalized spacial score (nSPS) is 23.8. The van der Waals surface area contributed by atoms with Crippen LogP contribution < -0.4 is 9.64 Å². The van der Waals surface area contributed by atoms with Crippen molar-refractivity contribution in [2.24, 2.45) is 11.8 Å². The Morgan fingerprint density at radius 2 is 1.77 bits per heavy atom. The summed E-state index contributed by atoms with van der Waals surface area (Å²) in [5.74, 6) is 1.58. The zero-order chi connectivity index (χ0) is 26.8. The number of pyridine rings is 1. The van der Waals surface area contributed by atoms with Crippen molar-refractivity contribution in [1.29, 1.82) is 0 Å². The summed E-state index contributed by atoms with van der Waals surface area (Å²) in [5, 5.41) is 12.7. The number of nitrogens with zero attached hydrogens (tertiary/aromatic N) is 5. The molecule has 2 aromatic carbocycles. The Kier molecular flexibility index (Phi) is 5.63. The lowest BCUT2D eigenvalue weighted by atomic mass is 9.95. The molecule has 2 unspecified atom stereocenters. The first-order valence-electron chi connectivity index (χ1n) is 14.8. The van der Waals surface area contributed by atoms with E-state index in [-0.39, 0.29) is 28.5 Å². The van der Waals surface area contributed by atoms with Gasteiger partial charge in [-0.2, -0.15) is 9.97 Å². The summed E-state index contributed by atoms with van der Waals surface area (Å²) in [6.07, 6.45) is 10.1. The molecule has 4 aromatic rings. The van der Waals surface area contributed by atoms with E-state index in [4.69, 9.17) is 9.72 Å². The van der Waals surface area contributed by atoms with Gasteiger partial charge in [0.2, 0.25) is 0 Å². The molecule has 8 heteroatoms. The van der Waals surface area contributed by atoms with Crippen molar-refractivity contribution in [3.63, 3.8) is 0 Å². The van der Waals surface area contributed by atoms with Crippen LogP contribution in [0.25, 0.3) is 32.9 Å². The monoisotopic (exact) mass is 539 g/mol. The van der Waals surface area contributed by atoms with Gasteiger partial charge in [-0.1, -0.05) is 24.3 Å².